The zero-order valence-electron chi connectivity index (χ0n) is 16.5. The lowest BCUT2D eigenvalue weighted by Gasteiger charge is -2.17. The van der Waals surface area contributed by atoms with Gasteiger partial charge in [-0.1, -0.05) is 35.3 Å². The first-order valence-corrected chi connectivity index (χ1v) is 11.6. The maximum absolute atomic E-state index is 12.6. The van der Waals surface area contributed by atoms with E-state index in [0.717, 1.165) is 0 Å². The Labute approximate surface area is 190 Å². The lowest BCUT2D eigenvalue weighted by atomic mass is 10.1. The van der Waals surface area contributed by atoms with Gasteiger partial charge < -0.3 is 16.4 Å². The van der Waals surface area contributed by atoms with Crippen LogP contribution in [0.4, 0.5) is 16.2 Å². The third kappa shape index (κ3) is 5.88. The van der Waals surface area contributed by atoms with Crippen molar-refractivity contribution in [2.75, 3.05) is 11.1 Å². The van der Waals surface area contributed by atoms with E-state index in [1.54, 1.807) is 37.3 Å². The van der Waals surface area contributed by atoms with Crippen LogP contribution in [0.5, 0.6) is 0 Å². The van der Waals surface area contributed by atoms with E-state index in [2.05, 4.69) is 15.6 Å². The van der Waals surface area contributed by atoms with Gasteiger partial charge >= 0.3 is 6.03 Å². The molecule has 1 heterocycles. The summed E-state index contributed by atoms with van der Waals surface area (Å²) < 4.78 is 25.2. The summed E-state index contributed by atoms with van der Waals surface area (Å²) in [4.78, 5) is 16.5. The van der Waals surface area contributed by atoms with Crippen molar-refractivity contribution < 1.29 is 13.2 Å². The molecule has 2 amide bonds. The van der Waals surface area contributed by atoms with E-state index in [4.69, 9.17) is 28.9 Å². The van der Waals surface area contributed by atoms with Crippen LogP contribution in [0.15, 0.2) is 65.7 Å². The first-order valence-electron chi connectivity index (χ1n) is 9.20. The Bertz CT molecular complexity index is 1180. The van der Waals surface area contributed by atoms with Crippen molar-refractivity contribution in [1.29, 1.82) is 0 Å². The molecule has 0 saturated heterocycles. The molecule has 0 bridgehead atoms. The number of hydrogen-bond donors (Lipinski definition) is 3. The van der Waals surface area contributed by atoms with E-state index in [1.807, 2.05) is 0 Å². The van der Waals surface area contributed by atoms with Crippen LogP contribution in [0.25, 0.3) is 0 Å². The van der Waals surface area contributed by atoms with Crippen molar-refractivity contribution in [2.45, 2.75) is 23.6 Å². The highest BCUT2D eigenvalue weighted by molar-refractivity contribution is 7.90. The van der Waals surface area contributed by atoms with Crippen LogP contribution in [-0.2, 0) is 15.6 Å². The fourth-order valence-corrected chi connectivity index (χ4v) is 4.59. The number of amides is 2. The minimum Gasteiger partial charge on any atom is -0.397 e. The van der Waals surface area contributed by atoms with Gasteiger partial charge in [-0.25, -0.2) is 13.2 Å². The second-order valence-corrected chi connectivity index (χ2v) is 9.60. The van der Waals surface area contributed by atoms with Gasteiger partial charge in [0.25, 0.3) is 0 Å². The molecule has 3 aromatic rings. The van der Waals surface area contributed by atoms with Gasteiger partial charge in [0.05, 0.1) is 44.3 Å². The maximum Gasteiger partial charge on any atom is 0.319 e. The number of urea groups is 1. The van der Waals surface area contributed by atoms with E-state index >= 15 is 0 Å². The Kier molecular flexibility index (Phi) is 7.04. The van der Waals surface area contributed by atoms with Gasteiger partial charge in [-0.3, -0.25) is 4.98 Å². The molecule has 0 radical (unpaired) electrons. The number of nitrogens with one attached hydrogen (secondary N) is 2. The molecule has 7 nitrogen and oxygen atoms in total. The third-order valence-corrected chi connectivity index (χ3v) is 6.95. The number of halogens is 2. The number of nitrogen functional groups attached to an aromatic ring is 1. The maximum atomic E-state index is 12.6. The molecule has 10 heteroatoms. The lowest BCUT2D eigenvalue weighted by molar-refractivity contribution is 0.249. The van der Waals surface area contributed by atoms with Crippen LogP contribution in [0.3, 0.4) is 0 Å². The molecule has 0 aliphatic rings. The highest BCUT2D eigenvalue weighted by Crippen LogP contribution is 2.29. The molecular weight excluding hydrogens is 459 g/mol. The average molecular weight is 479 g/mol. The molecule has 0 aliphatic heterocycles. The Morgan fingerprint density at radius 1 is 1.10 bits per heavy atom. The topological polar surface area (TPSA) is 114 Å². The number of nitrogens with zero attached hydrogens (tertiary/aromatic N) is 1. The molecular formula is C21H20Cl2N4O3S. The minimum absolute atomic E-state index is 0.121. The molecule has 3 rings (SSSR count). The summed E-state index contributed by atoms with van der Waals surface area (Å²) in [6, 6.07) is 13.4. The summed E-state index contributed by atoms with van der Waals surface area (Å²) in [6.45, 7) is 1.78. The highest BCUT2D eigenvalue weighted by Gasteiger charge is 2.17. The molecule has 162 valence electrons. The third-order valence-electron chi connectivity index (χ3n) is 4.45. The minimum atomic E-state index is -3.59. The smallest absolute Gasteiger partial charge is 0.319 e. The number of carbonyl (C=O) groups excluding carboxylic acids is 1. The van der Waals surface area contributed by atoms with Crippen molar-refractivity contribution in [3.8, 4) is 0 Å². The van der Waals surface area contributed by atoms with Crippen molar-refractivity contribution >= 4 is 50.4 Å². The predicted molar refractivity (Wildman–Crippen MR) is 123 cm³/mol. The van der Waals surface area contributed by atoms with Gasteiger partial charge in [0.2, 0.25) is 0 Å². The number of hydrogen-bond acceptors (Lipinski definition) is 5. The van der Waals surface area contributed by atoms with Crippen LogP contribution >= 0.6 is 23.2 Å². The van der Waals surface area contributed by atoms with Crippen LogP contribution in [-0.4, -0.2) is 19.4 Å². The molecule has 0 aliphatic carbocycles. The second-order valence-electron chi connectivity index (χ2n) is 6.83. The number of sulfone groups is 1. The van der Waals surface area contributed by atoms with Crippen molar-refractivity contribution in [3.63, 3.8) is 0 Å². The highest BCUT2D eigenvalue weighted by atomic mass is 35.5. The number of carbonyl (C=O) groups is 1. The Balaban J connectivity index is 1.63. The van der Waals surface area contributed by atoms with Gasteiger partial charge in [0.1, 0.15) is 0 Å². The number of aromatic nitrogens is 1. The average Bonchev–Trinajstić information content (AvgIpc) is 2.72. The molecule has 4 N–H and O–H groups in total. The van der Waals surface area contributed by atoms with Crippen LogP contribution < -0.4 is 16.4 Å². The van der Waals surface area contributed by atoms with Crippen LogP contribution in [0.2, 0.25) is 10.0 Å². The number of benzene rings is 2. The van der Waals surface area contributed by atoms with Gasteiger partial charge in [-0.05, 0) is 55.0 Å². The summed E-state index contributed by atoms with van der Waals surface area (Å²) in [5.74, 6) is -0.252. The zero-order chi connectivity index (χ0) is 22.6. The quantitative estimate of drug-likeness (QED) is 0.469. The summed E-state index contributed by atoms with van der Waals surface area (Å²) in [6.07, 6.45) is 1.41. The summed E-state index contributed by atoms with van der Waals surface area (Å²) in [5.41, 5.74) is 7.54. The van der Waals surface area contributed by atoms with Crippen LogP contribution in [0, 0.1) is 0 Å². The fraction of sp³-hybridized carbons (Fsp3) is 0.143. The molecule has 2 aromatic carbocycles. The summed E-state index contributed by atoms with van der Waals surface area (Å²) >= 11 is 12.2. The van der Waals surface area contributed by atoms with Crippen molar-refractivity contribution in [3.05, 3.63) is 82.1 Å². The Morgan fingerprint density at radius 3 is 2.45 bits per heavy atom. The lowest BCUT2D eigenvalue weighted by Crippen LogP contribution is -2.31. The van der Waals surface area contributed by atoms with Gasteiger partial charge in [0, 0.05) is 5.69 Å². The zero-order valence-corrected chi connectivity index (χ0v) is 18.8. The number of nitrogens with two attached hydrogens (primary N) is 1. The second kappa shape index (κ2) is 9.55. The largest absolute Gasteiger partial charge is 0.397 e. The normalized spacial score (nSPS) is 12.2. The van der Waals surface area contributed by atoms with Crippen LogP contribution in [0.1, 0.15) is 24.2 Å². The van der Waals surface area contributed by atoms with Crippen molar-refractivity contribution in [2.24, 2.45) is 0 Å². The molecule has 0 fully saturated rings. The molecule has 31 heavy (non-hydrogen) atoms. The first kappa shape index (κ1) is 22.9. The van der Waals surface area contributed by atoms with E-state index in [0.29, 0.717) is 32.7 Å². The standard InChI is InChI=1S/C21H20Cl2N4O3S/c1-13(18-3-2-4-19(22)20(18)23)26-21(28)27-15-7-9-17(10-8-15)31(29,30)12-16-6-5-14(24)11-25-16/h2-11,13H,12,24H2,1H3,(H2,26,27,28)/t13-/m0/s1. The van der Waals surface area contributed by atoms with Crippen molar-refractivity contribution in [1.82, 2.24) is 10.3 Å². The molecule has 0 unspecified atom stereocenters. The molecule has 0 spiro atoms. The number of anilines is 2. The van der Waals surface area contributed by atoms with Gasteiger partial charge in [-0.15, -0.1) is 0 Å². The summed E-state index contributed by atoms with van der Waals surface area (Å²) in [7, 11) is -3.59. The van der Waals surface area contributed by atoms with Gasteiger partial charge in [-0.2, -0.15) is 0 Å². The molecule has 1 aromatic heterocycles. The van der Waals surface area contributed by atoms with Gasteiger partial charge in [0.15, 0.2) is 9.84 Å². The van der Waals surface area contributed by atoms with E-state index < -0.39 is 21.9 Å². The fourth-order valence-electron chi connectivity index (χ4n) is 2.84. The Morgan fingerprint density at radius 2 is 1.81 bits per heavy atom. The predicted octanol–water partition coefficient (Wildman–Crippen LogP) is 4.83. The Hall–Kier alpha value is -2.81. The summed E-state index contributed by atoms with van der Waals surface area (Å²) in [5, 5.41) is 6.21. The number of rotatable bonds is 6. The molecule has 1 atom stereocenters. The van der Waals surface area contributed by atoms with E-state index in [1.165, 1.54) is 30.5 Å². The SMILES string of the molecule is C[C@H](NC(=O)Nc1ccc(S(=O)(=O)Cc2ccc(N)cn2)cc1)c1cccc(Cl)c1Cl. The van der Waals surface area contributed by atoms with E-state index in [-0.39, 0.29) is 10.6 Å². The monoisotopic (exact) mass is 478 g/mol. The number of pyridine rings is 1. The molecule has 0 saturated carbocycles. The first-order chi connectivity index (χ1) is 14.7. The van der Waals surface area contributed by atoms with E-state index in [9.17, 15) is 13.2 Å².